The van der Waals surface area contributed by atoms with Gasteiger partial charge in [-0.25, -0.2) is 13.2 Å². The van der Waals surface area contributed by atoms with Crippen LogP contribution >= 0.6 is 22.9 Å². The second-order valence-electron chi connectivity index (χ2n) is 2.69. The number of carbonyl (C=O) groups is 1. The maximum Gasteiger partial charge on any atom is 0.347 e. The standard InChI is InChI=1S/C6H4N4O4S3/c11-5(12)4-3(1-2-15-4)17(13,14)8-6-7-9-10-16-6/h1-2H,(H,11,12)(H,7,8,10). The summed E-state index contributed by atoms with van der Waals surface area (Å²) in [7, 11) is -3.97. The molecule has 2 heterocycles. The van der Waals surface area contributed by atoms with Gasteiger partial charge in [0.05, 0.1) is 0 Å². The lowest BCUT2D eigenvalue weighted by Crippen LogP contribution is -2.15. The SMILES string of the molecule is O=C(O)c1sccc1S(=O)(=O)Nc1nnns1. The van der Waals surface area contributed by atoms with Gasteiger partial charge in [-0.3, -0.25) is 4.72 Å². The molecule has 0 fully saturated rings. The molecule has 0 spiro atoms. The van der Waals surface area contributed by atoms with Crippen LogP contribution in [-0.4, -0.2) is 34.3 Å². The number of anilines is 1. The van der Waals surface area contributed by atoms with Crippen LogP contribution in [0.25, 0.3) is 0 Å². The van der Waals surface area contributed by atoms with Gasteiger partial charge < -0.3 is 5.11 Å². The second kappa shape index (κ2) is 4.35. The van der Waals surface area contributed by atoms with E-state index in [1.165, 1.54) is 11.4 Å². The second-order valence-corrected chi connectivity index (χ2v) is 5.99. The highest BCUT2D eigenvalue weighted by Gasteiger charge is 2.24. The number of nitrogens with zero attached hydrogens (tertiary/aromatic N) is 3. The first-order valence-electron chi connectivity index (χ1n) is 3.99. The van der Waals surface area contributed by atoms with Crippen molar-refractivity contribution in [2.75, 3.05) is 4.72 Å². The zero-order chi connectivity index (χ0) is 12.5. The largest absolute Gasteiger partial charge is 0.477 e. The third kappa shape index (κ3) is 2.40. The molecule has 2 aromatic rings. The van der Waals surface area contributed by atoms with E-state index in [0.717, 1.165) is 22.9 Å². The first kappa shape index (κ1) is 11.9. The predicted molar refractivity (Wildman–Crippen MR) is 59.8 cm³/mol. The number of carboxylic acid groups (broad SMARTS) is 1. The van der Waals surface area contributed by atoms with Crippen LogP contribution in [0, 0.1) is 0 Å². The van der Waals surface area contributed by atoms with E-state index in [1.807, 2.05) is 0 Å². The summed E-state index contributed by atoms with van der Waals surface area (Å²) >= 11 is 1.58. The summed E-state index contributed by atoms with van der Waals surface area (Å²) in [6, 6.07) is 1.21. The van der Waals surface area contributed by atoms with Crippen LogP contribution in [0.5, 0.6) is 0 Å². The molecule has 0 bridgehead atoms. The Hall–Kier alpha value is -1.59. The number of thiophene rings is 1. The van der Waals surface area contributed by atoms with Crippen molar-refractivity contribution in [1.29, 1.82) is 0 Å². The Bertz CT molecular complexity index is 632. The molecule has 0 aliphatic carbocycles. The number of hydrogen-bond donors (Lipinski definition) is 2. The lowest BCUT2D eigenvalue weighted by atomic mass is 10.5. The van der Waals surface area contributed by atoms with Crippen molar-refractivity contribution in [2.24, 2.45) is 0 Å². The number of hydrogen-bond acceptors (Lipinski definition) is 8. The number of aromatic carboxylic acids is 1. The summed E-state index contributed by atoms with van der Waals surface area (Å²) in [6.45, 7) is 0. The van der Waals surface area contributed by atoms with Gasteiger partial charge in [0.15, 0.2) is 0 Å². The van der Waals surface area contributed by atoms with Gasteiger partial charge in [-0.2, -0.15) is 0 Å². The van der Waals surface area contributed by atoms with Crippen LogP contribution < -0.4 is 4.72 Å². The van der Waals surface area contributed by atoms with Crippen LogP contribution in [0.15, 0.2) is 16.3 Å². The molecule has 0 atom stereocenters. The fraction of sp³-hybridized carbons (Fsp3) is 0. The van der Waals surface area contributed by atoms with Crippen LogP contribution in [0.1, 0.15) is 9.67 Å². The molecule has 0 aromatic carbocycles. The monoisotopic (exact) mass is 292 g/mol. The lowest BCUT2D eigenvalue weighted by molar-refractivity contribution is 0.0698. The third-order valence-electron chi connectivity index (χ3n) is 1.63. The van der Waals surface area contributed by atoms with E-state index in [0.29, 0.717) is 0 Å². The number of sulfonamides is 1. The summed E-state index contributed by atoms with van der Waals surface area (Å²) in [6.07, 6.45) is 0. The molecule has 90 valence electrons. The average Bonchev–Trinajstić information content (AvgIpc) is 2.84. The molecule has 0 radical (unpaired) electrons. The smallest absolute Gasteiger partial charge is 0.347 e. The minimum atomic E-state index is -3.97. The van der Waals surface area contributed by atoms with Crippen molar-refractivity contribution in [2.45, 2.75) is 4.90 Å². The fourth-order valence-electron chi connectivity index (χ4n) is 1.01. The molecule has 0 aliphatic heterocycles. The van der Waals surface area contributed by atoms with Crippen LogP contribution in [-0.2, 0) is 10.0 Å². The van der Waals surface area contributed by atoms with Crippen molar-refractivity contribution in [3.05, 3.63) is 16.3 Å². The molecule has 0 aliphatic rings. The van der Waals surface area contributed by atoms with E-state index in [-0.39, 0.29) is 14.9 Å². The van der Waals surface area contributed by atoms with Gasteiger partial charge in [-0.15, -0.1) is 11.3 Å². The normalized spacial score (nSPS) is 11.3. The molecule has 2 N–H and O–H groups in total. The number of carboxylic acids is 1. The quantitative estimate of drug-likeness (QED) is 0.840. The van der Waals surface area contributed by atoms with Gasteiger partial charge in [0.1, 0.15) is 9.77 Å². The molecule has 8 nitrogen and oxygen atoms in total. The minimum Gasteiger partial charge on any atom is -0.477 e. The van der Waals surface area contributed by atoms with E-state index < -0.39 is 16.0 Å². The van der Waals surface area contributed by atoms with Crippen molar-refractivity contribution >= 4 is 44.0 Å². The highest BCUT2D eigenvalue weighted by molar-refractivity contribution is 7.93. The fourth-order valence-corrected chi connectivity index (χ4v) is 3.85. The molecule has 0 amide bonds. The van der Waals surface area contributed by atoms with E-state index in [4.69, 9.17) is 5.11 Å². The number of rotatable bonds is 4. The Balaban J connectivity index is 2.38. The Labute approximate surface area is 103 Å². The highest BCUT2D eigenvalue weighted by Crippen LogP contribution is 2.24. The Morgan fingerprint density at radius 1 is 1.47 bits per heavy atom. The molecule has 17 heavy (non-hydrogen) atoms. The van der Waals surface area contributed by atoms with E-state index >= 15 is 0 Å². The maximum atomic E-state index is 11.8. The van der Waals surface area contributed by atoms with E-state index in [2.05, 4.69) is 19.5 Å². The topological polar surface area (TPSA) is 122 Å². The van der Waals surface area contributed by atoms with Crippen molar-refractivity contribution in [3.63, 3.8) is 0 Å². The van der Waals surface area contributed by atoms with Gasteiger partial charge in [-0.05, 0) is 16.7 Å². The van der Waals surface area contributed by atoms with Crippen molar-refractivity contribution < 1.29 is 18.3 Å². The summed E-state index contributed by atoms with van der Waals surface area (Å²) in [5.74, 6) is -1.30. The lowest BCUT2D eigenvalue weighted by Gasteiger charge is -2.02. The first-order chi connectivity index (χ1) is 8.00. The summed E-state index contributed by atoms with van der Waals surface area (Å²) in [4.78, 5) is 10.3. The van der Waals surface area contributed by atoms with Gasteiger partial charge in [-0.1, -0.05) is 9.59 Å². The summed E-state index contributed by atoms with van der Waals surface area (Å²) < 4.78 is 29.1. The van der Waals surface area contributed by atoms with Crippen LogP contribution in [0.2, 0.25) is 0 Å². The minimum absolute atomic E-state index is 0.0208. The molecule has 0 saturated carbocycles. The molecular weight excluding hydrogens is 288 g/mol. The Morgan fingerprint density at radius 3 is 2.82 bits per heavy atom. The highest BCUT2D eigenvalue weighted by atomic mass is 32.2. The van der Waals surface area contributed by atoms with Gasteiger partial charge in [0, 0.05) is 11.5 Å². The average molecular weight is 292 g/mol. The molecule has 2 aromatic heterocycles. The van der Waals surface area contributed by atoms with E-state index in [1.54, 1.807) is 0 Å². The Kier molecular flexibility index (Phi) is 3.04. The van der Waals surface area contributed by atoms with E-state index in [9.17, 15) is 13.2 Å². The van der Waals surface area contributed by atoms with Gasteiger partial charge >= 0.3 is 5.97 Å². The van der Waals surface area contributed by atoms with Gasteiger partial charge in [0.2, 0.25) is 5.13 Å². The predicted octanol–water partition coefficient (Wildman–Crippen LogP) is 0.494. The van der Waals surface area contributed by atoms with Crippen LogP contribution in [0.4, 0.5) is 5.13 Å². The summed E-state index contributed by atoms with van der Waals surface area (Å²) in [5.41, 5.74) is 0. The van der Waals surface area contributed by atoms with Crippen LogP contribution in [0.3, 0.4) is 0 Å². The van der Waals surface area contributed by atoms with Crippen molar-refractivity contribution in [1.82, 2.24) is 14.8 Å². The number of aromatic nitrogens is 3. The molecule has 0 unspecified atom stereocenters. The molecular formula is C6H4N4O4S3. The molecule has 0 saturated heterocycles. The number of nitrogens with one attached hydrogen (secondary N) is 1. The van der Waals surface area contributed by atoms with Crippen molar-refractivity contribution in [3.8, 4) is 0 Å². The van der Waals surface area contributed by atoms with Gasteiger partial charge in [0.25, 0.3) is 10.0 Å². The third-order valence-corrected chi connectivity index (χ3v) is 4.69. The zero-order valence-electron chi connectivity index (χ0n) is 7.89. The first-order valence-corrected chi connectivity index (χ1v) is 7.13. The summed E-state index contributed by atoms with van der Waals surface area (Å²) in [5, 5.41) is 16.8. The molecule has 2 rings (SSSR count). The zero-order valence-corrected chi connectivity index (χ0v) is 10.3. The Morgan fingerprint density at radius 2 is 2.24 bits per heavy atom. The molecule has 11 heteroatoms. The maximum absolute atomic E-state index is 11.8.